The van der Waals surface area contributed by atoms with Crippen molar-refractivity contribution in [2.24, 2.45) is 11.8 Å². The molecule has 4 rings (SSSR count). The third-order valence-corrected chi connectivity index (χ3v) is 7.03. The first-order chi connectivity index (χ1) is 11.7. The molecule has 2 heteroatoms. The van der Waals surface area contributed by atoms with Crippen LogP contribution in [0.25, 0.3) is 0 Å². The van der Waals surface area contributed by atoms with Crippen LogP contribution >= 0.6 is 0 Å². The fraction of sp³-hybridized carbons (Fsp3) is 0.727. The molecule has 0 N–H and O–H groups in total. The lowest BCUT2D eigenvalue weighted by Crippen LogP contribution is -2.41. The second-order valence-corrected chi connectivity index (χ2v) is 8.57. The molecule has 0 radical (unpaired) electrons. The number of hydrogen-bond donors (Lipinski definition) is 0. The number of likely N-dealkylation sites (tertiary alicyclic amines) is 1. The molecule has 0 aromatic heterocycles. The zero-order valence-corrected chi connectivity index (χ0v) is 15.5. The van der Waals surface area contributed by atoms with Gasteiger partial charge >= 0.3 is 0 Å². The van der Waals surface area contributed by atoms with Crippen molar-refractivity contribution in [3.8, 4) is 5.75 Å². The molecule has 132 valence electrons. The van der Waals surface area contributed by atoms with Crippen molar-refractivity contribution in [1.29, 1.82) is 0 Å². The summed E-state index contributed by atoms with van der Waals surface area (Å²) in [6.45, 7) is 4.76. The molecule has 2 unspecified atom stereocenters. The van der Waals surface area contributed by atoms with Gasteiger partial charge in [-0.15, -0.1) is 0 Å². The highest BCUT2D eigenvalue weighted by Gasteiger charge is 2.34. The SMILES string of the molecule is COc1ccc(C)cc1C1CCN(C2CC[C@H]3CCC(C2)C3)CC1. The van der Waals surface area contributed by atoms with Crippen LogP contribution < -0.4 is 4.74 Å². The maximum atomic E-state index is 5.63. The van der Waals surface area contributed by atoms with E-state index in [1.807, 2.05) is 7.11 Å². The summed E-state index contributed by atoms with van der Waals surface area (Å²) >= 11 is 0. The van der Waals surface area contributed by atoms with Gasteiger partial charge in [0.15, 0.2) is 0 Å². The van der Waals surface area contributed by atoms with E-state index in [0.717, 1.165) is 23.6 Å². The van der Waals surface area contributed by atoms with E-state index in [2.05, 4.69) is 30.0 Å². The number of hydrogen-bond acceptors (Lipinski definition) is 2. The summed E-state index contributed by atoms with van der Waals surface area (Å²) in [5, 5.41) is 0. The first-order valence-electron chi connectivity index (χ1n) is 10.1. The van der Waals surface area contributed by atoms with Crippen LogP contribution in [0.15, 0.2) is 18.2 Å². The number of aryl methyl sites for hydroxylation is 1. The summed E-state index contributed by atoms with van der Waals surface area (Å²) in [6, 6.07) is 7.54. The molecule has 3 fully saturated rings. The van der Waals surface area contributed by atoms with Gasteiger partial charge in [0.2, 0.25) is 0 Å². The Morgan fingerprint density at radius 1 is 0.917 bits per heavy atom. The molecule has 2 saturated carbocycles. The van der Waals surface area contributed by atoms with Crippen LogP contribution in [-0.2, 0) is 0 Å². The summed E-state index contributed by atoms with van der Waals surface area (Å²) in [4.78, 5) is 2.83. The van der Waals surface area contributed by atoms with Crippen molar-refractivity contribution in [2.45, 2.75) is 70.3 Å². The number of benzene rings is 1. The highest BCUT2D eigenvalue weighted by atomic mass is 16.5. The fourth-order valence-electron chi connectivity index (χ4n) is 5.67. The molecule has 2 bridgehead atoms. The van der Waals surface area contributed by atoms with E-state index >= 15 is 0 Å². The van der Waals surface area contributed by atoms with Crippen molar-refractivity contribution in [3.63, 3.8) is 0 Å². The average Bonchev–Trinajstić information content (AvgIpc) is 2.94. The third kappa shape index (κ3) is 3.35. The topological polar surface area (TPSA) is 12.5 Å². The van der Waals surface area contributed by atoms with Gasteiger partial charge in [0.1, 0.15) is 5.75 Å². The molecule has 0 amide bonds. The van der Waals surface area contributed by atoms with Crippen LogP contribution in [0.2, 0.25) is 0 Å². The van der Waals surface area contributed by atoms with Crippen molar-refractivity contribution in [2.75, 3.05) is 20.2 Å². The van der Waals surface area contributed by atoms with Crippen LogP contribution in [0.4, 0.5) is 0 Å². The summed E-state index contributed by atoms with van der Waals surface area (Å²) < 4.78 is 5.63. The lowest BCUT2D eigenvalue weighted by atomic mass is 9.86. The normalized spacial score (nSPS) is 31.8. The Hall–Kier alpha value is -1.02. The van der Waals surface area contributed by atoms with Crippen LogP contribution in [0.3, 0.4) is 0 Å². The Labute approximate surface area is 147 Å². The maximum Gasteiger partial charge on any atom is 0.122 e. The molecule has 3 aliphatic rings. The van der Waals surface area contributed by atoms with E-state index in [0.29, 0.717) is 5.92 Å². The number of methoxy groups -OCH3 is 1. The lowest BCUT2D eigenvalue weighted by Gasteiger charge is -2.39. The van der Waals surface area contributed by atoms with Crippen molar-refractivity contribution < 1.29 is 4.74 Å². The van der Waals surface area contributed by atoms with Gasteiger partial charge in [-0.3, -0.25) is 0 Å². The molecular weight excluding hydrogens is 294 g/mol. The summed E-state index contributed by atoms with van der Waals surface area (Å²) in [5.74, 6) is 3.87. The van der Waals surface area contributed by atoms with Crippen molar-refractivity contribution in [3.05, 3.63) is 29.3 Å². The molecule has 0 spiro atoms. The molecule has 1 aromatic rings. The van der Waals surface area contributed by atoms with Crippen LogP contribution in [0, 0.1) is 18.8 Å². The molecule has 1 saturated heterocycles. The summed E-state index contributed by atoms with van der Waals surface area (Å²) in [6.07, 6.45) is 11.6. The van der Waals surface area contributed by atoms with Gasteiger partial charge in [0.05, 0.1) is 7.11 Å². The summed E-state index contributed by atoms with van der Waals surface area (Å²) in [5.41, 5.74) is 2.80. The molecular formula is C22H33NO. The largest absolute Gasteiger partial charge is 0.496 e. The predicted octanol–water partition coefficient (Wildman–Crippen LogP) is 5.15. The minimum Gasteiger partial charge on any atom is -0.496 e. The van der Waals surface area contributed by atoms with E-state index in [1.54, 1.807) is 0 Å². The second kappa shape index (κ2) is 7.07. The van der Waals surface area contributed by atoms with E-state index in [9.17, 15) is 0 Å². The Morgan fingerprint density at radius 2 is 1.67 bits per heavy atom. The quantitative estimate of drug-likeness (QED) is 0.761. The third-order valence-electron chi connectivity index (χ3n) is 7.03. The van der Waals surface area contributed by atoms with Gasteiger partial charge in [-0.2, -0.15) is 0 Å². The summed E-state index contributed by atoms with van der Waals surface area (Å²) in [7, 11) is 1.81. The van der Waals surface area contributed by atoms with Crippen LogP contribution in [0.5, 0.6) is 5.75 Å². The van der Waals surface area contributed by atoms with Gasteiger partial charge in [-0.1, -0.05) is 30.5 Å². The minimum absolute atomic E-state index is 0.679. The van der Waals surface area contributed by atoms with Gasteiger partial charge in [0.25, 0.3) is 0 Å². The molecule has 24 heavy (non-hydrogen) atoms. The standard InChI is InChI=1S/C22H33NO/c1-16-3-8-22(24-2)21(13-16)19-9-11-23(12-10-19)20-7-6-17-4-5-18(14-17)15-20/h3,8,13,17-20H,4-7,9-12,14-15H2,1-2H3/t17-,18?,20?/m1/s1. The van der Waals surface area contributed by atoms with Crippen LogP contribution in [-0.4, -0.2) is 31.1 Å². The van der Waals surface area contributed by atoms with Crippen LogP contribution in [0.1, 0.15) is 68.4 Å². The number of rotatable bonds is 3. The van der Waals surface area contributed by atoms with E-state index in [4.69, 9.17) is 4.74 Å². The maximum absolute atomic E-state index is 5.63. The molecule has 1 aromatic carbocycles. The first kappa shape index (κ1) is 16.4. The minimum atomic E-state index is 0.679. The molecule has 1 aliphatic heterocycles. The average molecular weight is 328 g/mol. The van der Waals surface area contributed by atoms with Crippen molar-refractivity contribution in [1.82, 2.24) is 4.90 Å². The van der Waals surface area contributed by atoms with E-state index in [1.165, 1.54) is 75.6 Å². The van der Waals surface area contributed by atoms with Gasteiger partial charge in [-0.05, 0) is 87.9 Å². The first-order valence-corrected chi connectivity index (χ1v) is 10.1. The van der Waals surface area contributed by atoms with Crippen molar-refractivity contribution >= 4 is 0 Å². The highest BCUT2D eigenvalue weighted by Crippen LogP contribution is 2.43. The zero-order chi connectivity index (χ0) is 16.5. The van der Waals surface area contributed by atoms with E-state index < -0.39 is 0 Å². The van der Waals surface area contributed by atoms with Gasteiger partial charge in [0, 0.05) is 6.04 Å². The van der Waals surface area contributed by atoms with Gasteiger partial charge < -0.3 is 9.64 Å². The number of nitrogens with zero attached hydrogens (tertiary/aromatic N) is 1. The fourth-order valence-corrected chi connectivity index (χ4v) is 5.67. The Morgan fingerprint density at radius 3 is 2.46 bits per heavy atom. The number of ether oxygens (including phenoxy) is 1. The smallest absolute Gasteiger partial charge is 0.122 e. The Balaban J connectivity index is 1.39. The number of piperidine rings is 1. The monoisotopic (exact) mass is 327 g/mol. The Kier molecular flexibility index (Phi) is 4.85. The highest BCUT2D eigenvalue weighted by molar-refractivity contribution is 5.39. The molecule has 3 atom stereocenters. The number of fused-ring (bicyclic) bond motifs is 2. The lowest BCUT2D eigenvalue weighted by molar-refractivity contribution is 0.125. The Bertz CT molecular complexity index is 561. The zero-order valence-electron chi connectivity index (χ0n) is 15.5. The van der Waals surface area contributed by atoms with E-state index in [-0.39, 0.29) is 0 Å². The second-order valence-electron chi connectivity index (χ2n) is 8.57. The molecule has 1 heterocycles. The van der Waals surface area contributed by atoms with Gasteiger partial charge in [-0.25, -0.2) is 0 Å². The molecule has 2 aliphatic carbocycles. The molecule has 2 nitrogen and oxygen atoms in total. The predicted molar refractivity (Wildman–Crippen MR) is 99.7 cm³/mol.